The van der Waals surface area contributed by atoms with Crippen LogP contribution in [0.2, 0.25) is 0 Å². The van der Waals surface area contributed by atoms with Crippen molar-refractivity contribution >= 4 is 0 Å². The van der Waals surface area contributed by atoms with Gasteiger partial charge in [-0.1, -0.05) is 26.0 Å². The molecular formula is C17H30O4. The van der Waals surface area contributed by atoms with Crippen LogP contribution in [0.3, 0.4) is 0 Å². The van der Waals surface area contributed by atoms with E-state index in [-0.39, 0.29) is 0 Å². The summed E-state index contributed by atoms with van der Waals surface area (Å²) in [6.45, 7) is 5.03. The lowest BCUT2D eigenvalue weighted by atomic mass is 9.78. The lowest BCUT2D eigenvalue weighted by Gasteiger charge is -2.28. The number of methoxy groups -OCH3 is 4. The third-order valence-electron chi connectivity index (χ3n) is 3.13. The van der Waals surface area contributed by atoms with E-state index >= 15 is 0 Å². The summed E-state index contributed by atoms with van der Waals surface area (Å²) in [6.07, 6.45) is 2.94. The molecule has 0 N–H and O–H groups in total. The van der Waals surface area contributed by atoms with Crippen molar-refractivity contribution in [3.8, 4) is 11.5 Å². The maximum absolute atomic E-state index is 5.01. The first kappa shape index (κ1) is 19.7. The average Bonchev–Trinajstić information content (AvgIpc) is 2.48. The SMILES string of the molecule is CC1CC(C)C1.COCOC.COc1ccccc1OC. The predicted octanol–water partition coefficient (Wildman–Crippen LogP) is 3.99. The van der Waals surface area contributed by atoms with Gasteiger partial charge in [-0.05, 0) is 36.8 Å². The minimum atomic E-state index is 0.389. The number of hydrogen-bond donors (Lipinski definition) is 0. The van der Waals surface area contributed by atoms with E-state index in [1.807, 2.05) is 24.3 Å². The van der Waals surface area contributed by atoms with Crippen LogP contribution in [-0.2, 0) is 9.47 Å². The Morgan fingerprint density at radius 1 is 0.810 bits per heavy atom. The molecule has 1 aliphatic carbocycles. The zero-order chi connectivity index (χ0) is 16.1. The molecule has 122 valence electrons. The monoisotopic (exact) mass is 298 g/mol. The van der Waals surface area contributed by atoms with Gasteiger partial charge in [-0.3, -0.25) is 0 Å². The summed E-state index contributed by atoms with van der Waals surface area (Å²) >= 11 is 0. The van der Waals surface area contributed by atoms with E-state index in [4.69, 9.17) is 9.47 Å². The Kier molecular flexibility index (Phi) is 11.7. The zero-order valence-corrected chi connectivity index (χ0v) is 14.2. The van der Waals surface area contributed by atoms with Gasteiger partial charge in [-0.15, -0.1) is 0 Å². The molecule has 4 heteroatoms. The van der Waals surface area contributed by atoms with Gasteiger partial charge >= 0.3 is 0 Å². The van der Waals surface area contributed by atoms with Crippen LogP contribution in [0.4, 0.5) is 0 Å². The largest absolute Gasteiger partial charge is 0.493 e. The summed E-state index contributed by atoms with van der Waals surface area (Å²) < 4.78 is 19.0. The molecule has 0 aromatic heterocycles. The summed E-state index contributed by atoms with van der Waals surface area (Å²) in [7, 11) is 6.42. The summed E-state index contributed by atoms with van der Waals surface area (Å²) in [6, 6.07) is 7.53. The standard InChI is InChI=1S/C8H10O2.C6H12.C3H8O2/c1-9-7-5-3-4-6-8(7)10-2;1-5-3-6(2)4-5;1-4-3-5-2/h3-6H,1-2H3;5-6H,3-4H2,1-2H3;3H2,1-2H3. The number of para-hydroxylation sites is 2. The van der Waals surface area contributed by atoms with Gasteiger partial charge in [0.2, 0.25) is 0 Å². The molecule has 21 heavy (non-hydrogen) atoms. The lowest BCUT2D eigenvalue weighted by molar-refractivity contribution is -0.00271. The maximum Gasteiger partial charge on any atom is 0.160 e. The molecule has 0 aliphatic heterocycles. The van der Waals surface area contributed by atoms with E-state index in [1.54, 1.807) is 28.4 Å². The minimum Gasteiger partial charge on any atom is -0.493 e. The van der Waals surface area contributed by atoms with Gasteiger partial charge in [0.05, 0.1) is 14.2 Å². The van der Waals surface area contributed by atoms with E-state index < -0.39 is 0 Å². The minimum absolute atomic E-state index is 0.389. The fourth-order valence-electron chi connectivity index (χ4n) is 2.21. The molecule has 1 saturated carbocycles. The van der Waals surface area contributed by atoms with Crippen molar-refractivity contribution in [2.45, 2.75) is 26.7 Å². The highest BCUT2D eigenvalue weighted by Crippen LogP contribution is 2.31. The molecule has 0 amide bonds. The van der Waals surface area contributed by atoms with Crippen LogP contribution < -0.4 is 9.47 Å². The topological polar surface area (TPSA) is 36.9 Å². The molecule has 0 heterocycles. The van der Waals surface area contributed by atoms with Gasteiger partial charge in [0.1, 0.15) is 6.79 Å². The van der Waals surface area contributed by atoms with Crippen molar-refractivity contribution in [3.05, 3.63) is 24.3 Å². The highest BCUT2D eigenvalue weighted by molar-refractivity contribution is 5.38. The van der Waals surface area contributed by atoms with Gasteiger partial charge < -0.3 is 18.9 Å². The highest BCUT2D eigenvalue weighted by atomic mass is 16.6. The van der Waals surface area contributed by atoms with Crippen molar-refractivity contribution in [1.29, 1.82) is 0 Å². The van der Waals surface area contributed by atoms with Crippen molar-refractivity contribution in [3.63, 3.8) is 0 Å². The normalized spacial score (nSPS) is 19.1. The zero-order valence-electron chi connectivity index (χ0n) is 14.2. The molecule has 1 aliphatic rings. The van der Waals surface area contributed by atoms with Crippen molar-refractivity contribution in [2.24, 2.45) is 11.8 Å². The van der Waals surface area contributed by atoms with Crippen LogP contribution >= 0.6 is 0 Å². The Morgan fingerprint density at radius 2 is 1.19 bits per heavy atom. The Morgan fingerprint density at radius 3 is 1.33 bits per heavy atom. The second-order valence-electron chi connectivity index (χ2n) is 5.23. The molecule has 0 spiro atoms. The van der Waals surface area contributed by atoms with E-state index in [2.05, 4.69) is 23.3 Å². The first-order valence-corrected chi connectivity index (χ1v) is 7.23. The molecule has 0 radical (unpaired) electrons. The van der Waals surface area contributed by atoms with Gasteiger partial charge in [0, 0.05) is 14.2 Å². The van der Waals surface area contributed by atoms with E-state index in [9.17, 15) is 0 Å². The highest BCUT2D eigenvalue weighted by Gasteiger charge is 2.19. The Balaban J connectivity index is 0.000000312. The number of benzene rings is 1. The molecule has 0 unspecified atom stereocenters. The molecule has 1 fully saturated rings. The van der Waals surface area contributed by atoms with E-state index in [1.165, 1.54) is 12.8 Å². The lowest BCUT2D eigenvalue weighted by Crippen LogP contribution is -2.16. The molecular weight excluding hydrogens is 268 g/mol. The first-order chi connectivity index (χ1) is 10.1. The van der Waals surface area contributed by atoms with Crippen molar-refractivity contribution in [2.75, 3.05) is 35.2 Å². The Bertz CT molecular complexity index is 317. The smallest absolute Gasteiger partial charge is 0.160 e. The van der Waals surface area contributed by atoms with Crippen LogP contribution in [-0.4, -0.2) is 35.2 Å². The summed E-state index contributed by atoms with van der Waals surface area (Å²) in [5.41, 5.74) is 0. The summed E-state index contributed by atoms with van der Waals surface area (Å²) in [5, 5.41) is 0. The Labute approximate surface area is 129 Å². The third kappa shape index (κ3) is 9.32. The first-order valence-electron chi connectivity index (χ1n) is 7.23. The van der Waals surface area contributed by atoms with E-state index in [0.29, 0.717) is 6.79 Å². The van der Waals surface area contributed by atoms with Gasteiger partial charge in [0.15, 0.2) is 11.5 Å². The molecule has 1 aromatic rings. The van der Waals surface area contributed by atoms with E-state index in [0.717, 1.165) is 23.3 Å². The number of rotatable bonds is 4. The van der Waals surface area contributed by atoms with Gasteiger partial charge in [0.25, 0.3) is 0 Å². The van der Waals surface area contributed by atoms with Gasteiger partial charge in [-0.2, -0.15) is 0 Å². The van der Waals surface area contributed by atoms with Crippen LogP contribution in [0.5, 0.6) is 11.5 Å². The molecule has 4 nitrogen and oxygen atoms in total. The molecule has 0 atom stereocenters. The van der Waals surface area contributed by atoms with Crippen LogP contribution in [0.1, 0.15) is 26.7 Å². The van der Waals surface area contributed by atoms with Crippen LogP contribution in [0, 0.1) is 11.8 Å². The number of ether oxygens (including phenoxy) is 4. The predicted molar refractivity (Wildman–Crippen MR) is 86.0 cm³/mol. The van der Waals surface area contributed by atoms with Crippen molar-refractivity contribution in [1.82, 2.24) is 0 Å². The fourth-order valence-corrected chi connectivity index (χ4v) is 2.21. The quantitative estimate of drug-likeness (QED) is 0.788. The van der Waals surface area contributed by atoms with Crippen LogP contribution in [0.25, 0.3) is 0 Å². The fraction of sp³-hybridized carbons (Fsp3) is 0.647. The molecule has 2 rings (SSSR count). The summed E-state index contributed by atoms with van der Waals surface area (Å²) in [5.74, 6) is 3.62. The maximum atomic E-state index is 5.01. The summed E-state index contributed by atoms with van der Waals surface area (Å²) in [4.78, 5) is 0. The molecule has 1 aromatic carbocycles. The second kappa shape index (κ2) is 12.5. The second-order valence-corrected chi connectivity index (χ2v) is 5.23. The number of hydrogen-bond acceptors (Lipinski definition) is 4. The molecule has 0 bridgehead atoms. The van der Waals surface area contributed by atoms with Crippen LogP contribution in [0.15, 0.2) is 24.3 Å². The Hall–Kier alpha value is -1.26. The van der Waals surface area contributed by atoms with Gasteiger partial charge in [-0.25, -0.2) is 0 Å². The van der Waals surface area contributed by atoms with Crippen molar-refractivity contribution < 1.29 is 18.9 Å². The third-order valence-corrected chi connectivity index (χ3v) is 3.13. The average molecular weight is 298 g/mol. The molecule has 0 saturated heterocycles.